The monoisotopic (exact) mass is 244 g/mol. The molecule has 3 N–H and O–H groups in total. The van der Waals surface area contributed by atoms with Crippen LogP contribution >= 0.6 is 0 Å². The van der Waals surface area contributed by atoms with Gasteiger partial charge in [-0.15, -0.1) is 0 Å². The third-order valence-electron chi connectivity index (χ3n) is 3.41. The summed E-state index contributed by atoms with van der Waals surface area (Å²) in [5, 5.41) is 0. The summed E-state index contributed by atoms with van der Waals surface area (Å²) in [7, 11) is 0. The maximum atomic E-state index is 13.6. The first-order valence-corrected chi connectivity index (χ1v) is 5.74. The highest BCUT2D eigenvalue weighted by Crippen LogP contribution is 2.37. The number of hydrogen-bond donors (Lipinski definition) is 2. The molecular weight excluding hydrogens is 229 g/mol. The van der Waals surface area contributed by atoms with Crippen LogP contribution in [0.4, 0.5) is 13.2 Å². The van der Waals surface area contributed by atoms with Gasteiger partial charge >= 0.3 is 0 Å². The summed E-state index contributed by atoms with van der Waals surface area (Å²) in [6.45, 7) is 0. The Balaban J connectivity index is 2.36. The van der Waals surface area contributed by atoms with Crippen molar-refractivity contribution in [3.8, 4) is 0 Å². The molecule has 1 aromatic carbocycles. The second kappa shape index (κ2) is 5.06. The Morgan fingerprint density at radius 3 is 2.12 bits per heavy atom. The van der Waals surface area contributed by atoms with E-state index in [4.69, 9.17) is 5.84 Å². The SMILES string of the molecule is NNC(c1c(F)cc(F)cc1F)C1CCCC1. The fourth-order valence-electron chi connectivity index (χ4n) is 2.60. The number of rotatable bonds is 3. The van der Waals surface area contributed by atoms with Crippen LogP contribution in [-0.2, 0) is 0 Å². The number of halogens is 3. The summed E-state index contributed by atoms with van der Waals surface area (Å²) < 4.78 is 40.1. The van der Waals surface area contributed by atoms with Crippen LogP contribution in [0.25, 0.3) is 0 Å². The third kappa shape index (κ3) is 2.45. The molecule has 1 atom stereocenters. The Labute approximate surface area is 98.0 Å². The van der Waals surface area contributed by atoms with Gasteiger partial charge in [0.2, 0.25) is 0 Å². The molecule has 0 aromatic heterocycles. The molecule has 0 heterocycles. The van der Waals surface area contributed by atoms with E-state index in [1.165, 1.54) is 0 Å². The number of nitrogens with one attached hydrogen (secondary N) is 1. The van der Waals surface area contributed by atoms with Crippen molar-refractivity contribution in [2.75, 3.05) is 0 Å². The lowest BCUT2D eigenvalue weighted by atomic mass is 9.91. The highest BCUT2D eigenvalue weighted by molar-refractivity contribution is 5.25. The minimum Gasteiger partial charge on any atom is -0.271 e. The molecule has 1 unspecified atom stereocenters. The molecular formula is C12H15F3N2. The van der Waals surface area contributed by atoms with Crippen LogP contribution in [0.2, 0.25) is 0 Å². The molecule has 1 saturated carbocycles. The summed E-state index contributed by atoms with van der Waals surface area (Å²) >= 11 is 0. The zero-order chi connectivity index (χ0) is 12.4. The van der Waals surface area contributed by atoms with E-state index >= 15 is 0 Å². The average Bonchev–Trinajstić information content (AvgIpc) is 2.76. The molecule has 0 bridgehead atoms. The van der Waals surface area contributed by atoms with Crippen LogP contribution in [-0.4, -0.2) is 0 Å². The van der Waals surface area contributed by atoms with Crippen molar-refractivity contribution in [1.82, 2.24) is 5.43 Å². The van der Waals surface area contributed by atoms with E-state index in [1.54, 1.807) is 0 Å². The molecule has 1 aliphatic carbocycles. The maximum Gasteiger partial charge on any atom is 0.133 e. The van der Waals surface area contributed by atoms with Gasteiger partial charge in [0.25, 0.3) is 0 Å². The highest BCUT2D eigenvalue weighted by atomic mass is 19.1. The number of nitrogens with two attached hydrogens (primary N) is 1. The van der Waals surface area contributed by atoms with Gasteiger partial charge in [-0.2, -0.15) is 0 Å². The largest absolute Gasteiger partial charge is 0.271 e. The van der Waals surface area contributed by atoms with Crippen molar-refractivity contribution in [2.45, 2.75) is 31.7 Å². The van der Waals surface area contributed by atoms with E-state index in [-0.39, 0.29) is 11.5 Å². The predicted octanol–water partition coefficient (Wildman–Crippen LogP) is 2.80. The fourth-order valence-corrected chi connectivity index (χ4v) is 2.60. The van der Waals surface area contributed by atoms with Gasteiger partial charge in [-0.3, -0.25) is 11.3 Å². The summed E-state index contributed by atoms with van der Waals surface area (Å²) in [5.74, 6) is 2.82. The molecule has 2 nitrogen and oxygen atoms in total. The molecule has 0 saturated heterocycles. The summed E-state index contributed by atoms with van der Waals surface area (Å²) in [5.41, 5.74) is 2.31. The van der Waals surface area contributed by atoms with E-state index in [9.17, 15) is 13.2 Å². The summed E-state index contributed by atoms with van der Waals surface area (Å²) in [4.78, 5) is 0. The van der Waals surface area contributed by atoms with Crippen LogP contribution < -0.4 is 11.3 Å². The number of hydrogen-bond acceptors (Lipinski definition) is 2. The van der Waals surface area contributed by atoms with Crippen LogP contribution in [0, 0.1) is 23.4 Å². The lowest BCUT2D eigenvalue weighted by molar-refractivity contribution is 0.347. The number of benzene rings is 1. The Morgan fingerprint density at radius 2 is 1.65 bits per heavy atom. The lowest BCUT2D eigenvalue weighted by Gasteiger charge is -2.23. The van der Waals surface area contributed by atoms with Gasteiger partial charge in [0.1, 0.15) is 17.5 Å². The van der Waals surface area contributed by atoms with Crippen molar-refractivity contribution in [1.29, 1.82) is 0 Å². The first-order valence-electron chi connectivity index (χ1n) is 5.74. The van der Waals surface area contributed by atoms with Crippen molar-refractivity contribution in [2.24, 2.45) is 11.8 Å². The van der Waals surface area contributed by atoms with E-state index in [2.05, 4.69) is 5.43 Å². The van der Waals surface area contributed by atoms with Crippen molar-refractivity contribution in [3.05, 3.63) is 35.1 Å². The van der Waals surface area contributed by atoms with Gasteiger partial charge in [-0.05, 0) is 18.8 Å². The van der Waals surface area contributed by atoms with Gasteiger partial charge in [0, 0.05) is 17.7 Å². The molecule has 94 valence electrons. The zero-order valence-electron chi connectivity index (χ0n) is 9.35. The Bertz CT molecular complexity index is 380. The van der Waals surface area contributed by atoms with Gasteiger partial charge in [-0.25, -0.2) is 13.2 Å². The van der Waals surface area contributed by atoms with Crippen LogP contribution in [0.3, 0.4) is 0 Å². The smallest absolute Gasteiger partial charge is 0.133 e. The standard InChI is InChI=1S/C12H15F3N2/c13-8-5-9(14)11(10(15)6-8)12(17-16)7-3-1-2-4-7/h5-7,12,17H,1-4,16H2. The molecule has 5 heteroatoms. The Hall–Kier alpha value is -1.07. The topological polar surface area (TPSA) is 38.0 Å². The molecule has 1 fully saturated rings. The predicted molar refractivity (Wildman–Crippen MR) is 58.3 cm³/mol. The lowest BCUT2D eigenvalue weighted by Crippen LogP contribution is -2.34. The van der Waals surface area contributed by atoms with Crippen molar-refractivity contribution in [3.63, 3.8) is 0 Å². The van der Waals surface area contributed by atoms with E-state index in [0.717, 1.165) is 25.7 Å². The van der Waals surface area contributed by atoms with Crippen LogP contribution in [0.5, 0.6) is 0 Å². The highest BCUT2D eigenvalue weighted by Gasteiger charge is 2.30. The van der Waals surface area contributed by atoms with Crippen molar-refractivity contribution < 1.29 is 13.2 Å². The average molecular weight is 244 g/mol. The molecule has 1 aliphatic rings. The second-order valence-electron chi connectivity index (χ2n) is 4.47. The molecule has 17 heavy (non-hydrogen) atoms. The first kappa shape index (κ1) is 12.4. The van der Waals surface area contributed by atoms with Crippen LogP contribution in [0.15, 0.2) is 12.1 Å². The third-order valence-corrected chi connectivity index (χ3v) is 3.41. The van der Waals surface area contributed by atoms with E-state index in [0.29, 0.717) is 12.1 Å². The maximum absolute atomic E-state index is 13.6. The Morgan fingerprint density at radius 1 is 1.12 bits per heavy atom. The molecule has 0 radical (unpaired) electrons. The quantitative estimate of drug-likeness (QED) is 0.633. The summed E-state index contributed by atoms with van der Waals surface area (Å²) in [6.07, 6.45) is 3.83. The zero-order valence-corrected chi connectivity index (χ0v) is 9.35. The molecule has 2 rings (SSSR count). The van der Waals surface area contributed by atoms with E-state index in [1.807, 2.05) is 0 Å². The number of hydrazine groups is 1. The molecule has 0 amide bonds. The van der Waals surface area contributed by atoms with Crippen molar-refractivity contribution >= 4 is 0 Å². The van der Waals surface area contributed by atoms with Gasteiger partial charge in [0.15, 0.2) is 0 Å². The van der Waals surface area contributed by atoms with Gasteiger partial charge in [0.05, 0.1) is 6.04 Å². The van der Waals surface area contributed by atoms with Gasteiger partial charge < -0.3 is 0 Å². The minimum absolute atomic E-state index is 0.106. The molecule has 0 spiro atoms. The Kier molecular flexibility index (Phi) is 3.69. The van der Waals surface area contributed by atoms with Gasteiger partial charge in [-0.1, -0.05) is 12.8 Å². The van der Waals surface area contributed by atoms with Crippen LogP contribution in [0.1, 0.15) is 37.3 Å². The summed E-state index contributed by atoms with van der Waals surface area (Å²) in [6, 6.07) is 0.799. The first-order chi connectivity index (χ1) is 8.13. The van der Waals surface area contributed by atoms with E-state index < -0.39 is 23.5 Å². The molecule has 0 aliphatic heterocycles. The minimum atomic E-state index is -0.911. The molecule has 1 aromatic rings. The fraction of sp³-hybridized carbons (Fsp3) is 0.500. The second-order valence-corrected chi connectivity index (χ2v) is 4.47. The normalized spacial score (nSPS) is 18.6.